The maximum atomic E-state index is 11.2. The summed E-state index contributed by atoms with van der Waals surface area (Å²) in [7, 11) is -3.98. The van der Waals surface area contributed by atoms with Gasteiger partial charge in [-0.15, -0.1) is 0 Å². The van der Waals surface area contributed by atoms with E-state index in [0.29, 0.717) is 12.8 Å². The van der Waals surface area contributed by atoms with Crippen molar-refractivity contribution in [1.82, 2.24) is 5.32 Å². The van der Waals surface area contributed by atoms with Crippen molar-refractivity contribution in [1.29, 1.82) is 0 Å². The molecule has 0 atom stereocenters. The molecule has 1 saturated carbocycles. The first-order valence-corrected chi connectivity index (χ1v) is 6.49. The first kappa shape index (κ1) is 13.0. The van der Waals surface area contributed by atoms with Crippen LogP contribution in [-0.2, 0) is 14.9 Å². The van der Waals surface area contributed by atoms with E-state index >= 15 is 0 Å². The van der Waals surface area contributed by atoms with Gasteiger partial charge in [0.1, 0.15) is 6.61 Å². The lowest BCUT2D eigenvalue weighted by atomic mass is 10.2. The lowest BCUT2D eigenvalue weighted by molar-refractivity contribution is 0.152. The Morgan fingerprint density at radius 1 is 1.56 bits per heavy atom. The van der Waals surface area contributed by atoms with Gasteiger partial charge in [-0.25, -0.2) is 4.79 Å². The fourth-order valence-electron chi connectivity index (χ4n) is 1.30. The third-order valence-electron chi connectivity index (χ3n) is 2.39. The molecule has 1 aliphatic rings. The number of carbonyl (C=O) groups excluding carboxylic acids is 1. The van der Waals surface area contributed by atoms with Gasteiger partial charge in [0.15, 0.2) is 0 Å². The quantitative estimate of drug-likeness (QED) is 0.534. The molecule has 0 spiro atoms. The van der Waals surface area contributed by atoms with Gasteiger partial charge in [-0.1, -0.05) is 12.7 Å². The molecule has 16 heavy (non-hydrogen) atoms. The molecule has 1 rings (SSSR count). The minimum atomic E-state index is -3.98. The lowest BCUT2D eigenvalue weighted by Gasteiger charge is -2.15. The topological polar surface area (TPSA) is 92.7 Å². The normalized spacial score (nSPS) is 17.6. The number of ether oxygens (including phenoxy) is 1. The van der Waals surface area contributed by atoms with Crippen molar-refractivity contribution in [2.24, 2.45) is 0 Å². The Kier molecular flexibility index (Phi) is 3.93. The van der Waals surface area contributed by atoms with Crippen LogP contribution in [0.2, 0.25) is 0 Å². The highest BCUT2D eigenvalue weighted by molar-refractivity contribution is 7.85. The van der Waals surface area contributed by atoms with Gasteiger partial charge < -0.3 is 10.1 Å². The molecule has 2 N–H and O–H groups in total. The van der Waals surface area contributed by atoms with Gasteiger partial charge in [0.05, 0.1) is 5.75 Å². The average molecular weight is 249 g/mol. The van der Waals surface area contributed by atoms with Crippen molar-refractivity contribution >= 4 is 16.2 Å². The zero-order chi connectivity index (χ0) is 12.2. The standard InChI is InChI=1S/C9H15NO5S/c1-2-6-15-8(11)10-9(3-4-9)5-7-16(12,13)14/h2H,1,3-7H2,(H,10,11)(H,12,13,14). The van der Waals surface area contributed by atoms with Crippen LogP contribution in [0.25, 0.3) is 0 Å². The number of hydrogen-bond acceptors (Lipinski definition) is 4. The van der Waals surface area contributed by atoms with Gasteiger partial charge in [-0.3, -0.25) is 4.55 Å². The SMILES string of the molecule is C=CCOC(=O)NC1(CCS(=O)(=O)O)CC1. The molecule has 0 aliphatic heterocycles. The van der Waals surface area contributed by atoms with E-state index in [4.69, 9.17) is 9.29 Å². The van der Waals surface area contributed by atoms with Crippen LogP contribution in [0.1, 0.15) is 19.3 Å². The third-order valence-corrected chi connectivity index (χ3v) is 3.11. The zero-order valence-corrected chi connectivity index (χ0v) is 9.62. The molecular formula is C9H15NO5S. The Bertz CT molecular complexity index is 371. The molecule has 0 aromatic carbocycles. The van der Waals surface area contributed by atoms with Crippen molar-refractivity contribution in [2.45, 2.75) is 24.8 Å². The first-order chi connectivity index (χ1) is 7.37. The van der Waals surface area contributed by atoms with E-state index in [1.165, 1.54) is 6.08 Å². The van der Waals surface area contributed by atoms with Crippen molar-refractivity contribution in [2.75, 3.05) is 12.4 Å². The number of rotatable bonds is 6. The molecule has 1 fully saturated rings. The molecule has 0 heterocycles. The fraction of sp³-hybridized carbons (Fsp3) is 0.667. The Balaban J connectivity index is 2.35. The molecule has 1 amide bonds. The second-order valence-electron chi connectivity index (χ2n) is 3.83. The summed E-state index contributed by atoms with van der Waals surface area (Å²) in [6.07, 6.45) is 2.46. The predicted molar refractivity (Wildman–Crippen MR) is 57.7 cm³/mol. The van der Waals surface area contributed by atoms with Gasteiger partial charge in [-0.05, 0) is 19.3 Å². The maximum absolute atomic E-state index is 11.2. The summed E-state index contributed by atoms with van der Waals surface area (Å²) in [6, 6.07) is 0. The molecule has 0 radical (unpaired) electrons. The Hall–Kier alpha value is -1.08. The van der Waals surface area contributed by atoms with Crippen LogP contribution in [0, 0.1) is 0 Å². The van der Waals surface area contributed by atoms with E-state index in [1.807, 2.05) is 0 Å². The van der Waals surface area contributed by atoms with Crippen molar-refractivity contribution in [3.8, 4) is 0 Å². The smallest absolute Gasteiger partial charge is 0.407 e. The highest BCUT2D eigenvalue weighted by Crippen LogP contribution is 2.38. The molecule has 0 aromatic rings. The van der Waals surface area contributed by atoms with Crippen LogP contribution >= 0.6 is 0 Å². The monoisotopic (exact) mass is 249 g/mol. The van der Waals surface area contributed by atoms with Crippen molar-refractivity contribution in [3.05, 3.63) is 12.7 Å². The van der Waals surface area contributed by atoms with Gasteiger partial charge in [0.25, 0.3) is 10.1 Å². The van der Waals surface area contributed by atoms with Crippen LogP contribution in [0.3, 0.4) is 0 Å². The van der Waals surface area contributed by atoms with Crippen LogP contribution in [-0.4, -0.2) is 37.0 Å². The van der Waals surface area contributed by atoms with Gasteiger partial charge in [0, 0.05) is 5.54 Å². The van der Waals surface area contributed by atoms with E-state index in [1.54, 1.807) is 0 Å². The molecular weight excluding hydrogens is 234 g/mol. The molecule has 0 unspecified atom stereocenters. The Morgan fingerprint density at radius 3 is 2.62 bits per heavy atom. The number of hydrogen-bond donors (Lipinski definition) is 2. The van der Waals surface area contributed by atoms with Crippen LogP contribution in [0.4, 0.5) is 4.79 Å². The van der Waals surface area contributed by atoms with Crippen LogP contribution in [0.15, 0.2) is 12.7 Å². The molecule has 1 aliphatic carbocycles. The number of amides is 1. The van der Waals surface area contributed by atoms with Crippen LogP contribution < -0.4 is 5.32 Å². The minimum Gasteiger partial charge on any atom is -0.445 e. The number of carbonyl (C=O) groups is 1. The average Bonchev–Trinajstić information content (AvgIpc) is 2.92. The molecule has 92 valence electrons. The summed E-state index contributed by atoms with van der Waals surface area (Å²) in [5, 5.41) is 2.59. The molecule has 0 saturated heterocycles. The summed E-state index contributed by atoms with van der Waals surface area (Å²) in [4.78, 5) is 11.2. The van der Waals surface area contributed by atoms with Gasteiger partial charge >= 0.3 is 6.09 Å². The van der Waals surface area contributed by atoms with Crippen molar-refractivity contribution < 1.29 is 22.5 Å². The van der Waals surface area contributed by atoms with Crippen molar-refractivity contribution in [3.63, 3.8) is 0 Å². The Morgan fingerprint density at radius 2 is 2.19 bits per heavy atom. The predicted octanol–water partition coefficient (Wildman–Crippen LogP) is 0.709. The third kappa shape index (κ3) is 4.63. The lowest BCUT2D eigenvalue weighted by Crippen LogP contribution is -2.38. The van der Waals surface area contributed by atoms with E-state index in [2.05, 4.69) is 11.9 Å². The van der Waals surface area contributed by atoms with E-state index in [9.17, 15) is 13.2 Å². The van der Waals surface area contributed by atoms with Crippen LogP contribution in [0.5, 0.6) is 0 Å². The summed E-state index contributed by atoms with van der Waals surface area (Å²) in [5.74, 6) is -0.352. The summed E-state index contributed by atoms with van der Waals surface area (Å²) in [6.45, 7) is 3.51. The minimum absolute atomic E-state index is 0.111. The van der Waals surface area contributed by atoms with E-state index < -0.39 is 21.8 Å². The molecule has 7 heteroatoms. The molecule has 6 nitrogen and oxygen atoms in total. The second-order valence-corrected chi connectivity index (χ2v) is 5.40. The first-order valence-electron chi connectivity index (χ1n) is 4.88. The maximum Gasteiger partial charge on any atom is 0.407 e. The zero-order valence-electron chi connectivity index (χ0n) is 8.81. The van der Waals surface area contributed by atoms with Gasteiger partial charge in [-0.2, -0.15) is 8.42 Å². The summed E-state index contributed by atoms with van der Waals surface area (Å²) < 4.78 is 34.4. The highest BCUT2D eigenvalue weighted by Gasteiger charge is 2.44. The molecule has 0 aromatic heterocycles. The second kappa shape index (κ2) is 4.84. The van der Waals surface area contributed by atoms with E-state index in [0.717, 1.165) is 0 Å². The number of nitrogens with one attached hydrogen (secondary N) is 1. The summed E-state index contributed by atoms with van der Waals surface area (Å²) in [5.41, 5.74) is -0.520. The fourth-order valence-corrected chi connectivity index (χ4v) is 1.95. The largest absolute Gasteiger partial charge is 0.445 e. The summed E-state index contributed by atoms with van der Waals surface area (Å²) >= 11 is 0. The number of alkyl carbamates (subject to hydrolysis) is 1. The highest BCUT2D eigenvalue weighted by atomic mass is 32.2. The molecule has 0 bridgehead atoms. The Labute approximate surface area is 94.4 Å². The van der Waals surface area contributed by atoms with Gasteiger partial charge in [0.2, 0.25) is 0 Å². The van der Waals surface area contributed by atoms with E-state index in [-0.39, 0.29) is 18.8 Å².